The minimum absolute atomic E-state index is 0.0323. The molecule has 0 radical (unpaired) electrons. The third-order valence-corrected chi connectivity index (χ3v) is 19.5. The van der Waals surface area contributed by atoms with E-state index in [9.17, 15) is 74.9 Å². The van der Waals surface area contributed by atoms with Gasteiger partial charge in [0.15, 0.2) is 18.7 Å². The number of phosphoric acid groups is 1. The Hall–Kier alpha value is -2.04. The molecule has 11 N–H and O–H groups in total. The summed E-state index contributed by atoms with van der Waals surface area (Å²) >= 11 is 0. The van der Waals surface area contributed by atoms with Crippen molar-refractivity contribution in [2.24, 2.45) is 5.92 Å². The van der Waals surface area contributed by atoms with E-state index in [1.54, 1.807) is 0 Å². The first kappa shape index (κ1) is 86.2. The molecule has 0 aromatic rings. The van der Waals surface area contributed by atoms with E-state index in [0.29, 0.717) is 25.2 Å². The standard InChI is InChI=1S/C69H129O24P/c1-5-8-11-14-17-19-21-23-25-27-34-39-44-55(73)88-50(46-85-53(71)42-37-33-29-28-31-36-41-49(4)40-35-30-16-13-10-7-3)47-87-94(83,84)93-67-65(91-68-63(81)58(76)56(74)51(45-70)89-68)61(79)60(78)62(80)66(67)92-69-64(82)59(77)57(75)52(90-69)48-86-54(72)43-38-32-26-24-22-20-18-15-12-9-6-2/h49-52,56-70,74-82H,5-48H2,1-4H3,(H,83,84). The van der Waals surface area contributed by atoms with Gasteiger partial charge in [-0.3, -0.25) is 23.4 Å². The molecular formula is C69H129O24P. The molecule has 0 aromatic heterocycles. The second kappa shape index (κ2) is 51.2. The first-order valence-corrected chi connectivity index (χ1v) is 38.2. The summed E-state index contributed by atoms with van der Waals surface area (Å²) in [5, 5.41) is 110. The highest BCUT2D eigenvalue weighted by Crippen LogP contribution is 2.49. The minimum atomic E-state index is -5.69. The highest BCUT2D eigenvalue weighted by molar-refractivity contribution is 7.47. The van der Waals surface area contributed by atoms with Gasteiger partial charge < -0.3 is 89.1 Å². The van der Waals surface area contributed by atoms with Gasteiger partial charge in [-0.1, -0.05) is 246 Å². The van der Waals surface area contributed by atoms with Gasteiger partial charge in [0.25, 0.3) is 0 Å². The van der Waals surface area contributed by atoms with Gasteiger partial charge in [-0.2, -0.15) is 0 Å². The van der Waals surface area contributed by atoms with Crippen LogP contribution < -0.4 is 0 Å². The van der Waals surface area contributed by atoms with Gasteiger partial charge in [0.05, 0.1) is 13.2 Å². The quantitative estimate of drug-likeness (QED) is 0.0117. The predicted molar refractivity (Wildman–Crippen MR) is 352 cm³/mol. The van der Waals surface area contributed by atoms with Crippen LogP contribution in [-0.2, 0) is 61.2 Å². The van der Waals surface area contributed by atoms with Gasteiger partial charge in [-0.15, -0.1) is 0 Å². The van der Waals surface area contributed by atoms with Crippen LogP contribution in [0.5, 0.6) is 0 Å². The second-order valence-corrected chi connectivity index (χ2v) is 28.3. The summed E-state index contributed by atoms with van der Waals surface area (Å²) in [7, 11) is -5.69. The maximum atomic E-state index is 14.3. The van der Waals surface area contributed by atoms with Gasteiger partial charge in [0, 0.05) is 19.3 Å². The molecule has 25 heteroatoms. The molecule has 19 unspecified atom stereocenters. The Morgan fingerprint density at radius 1 is 0.404 bits per heavy atom. The minimum Gasteiger partial charge on any atom is -0.463 e. The van der Waals surface area contributed by atoms with Crippen LogP contribution in [0.15, 0.2) is 0 Å². The van der Waals surface area contributed by atoms with Crippen LogP contribution in [0.25, 0.3) is 0 Å². The number of hydrogen-bond donors (Lipinski definition) is 11. The normalized spacial score (nSPS) is 28.6. The highest BCUT2D eigenvalue weighted by atomic mass is 31.2. The molecule has 3 rings (SSSR count). The van der Waals surface area contributed by atoms with E-state index in [2.05, 4.69) is 27.7 Å². The molecule has 0 aromatic carbocycles. The van der Waals surface area contributed by atoms with Crippen LogP contribution in [-0.4, -0.2) is 204 Å². The zero-order valence-electron chi connectivity index (χ0n) is 57.7. The number of hydrogen-bond acceptors (Lipinski definition) is 23. The van der Waals surface area contributed by atoms with Gasteiger partial charge in [-0.05, 0) is 25.2 Å². The Labute approximate surface area is 561 Å². The molecule has 2 saturated heterocycles. The van der Waals surface area contributed by atoms with Crippen molar-refractivity contribution in [3.8, 4) is 0 Å². The molecule has 94 heavy (non-hydrogen) atoms. The van der Waals surface area contributed by atoms with Crippen molar-refractivity contribution in [3.63, 3.8) is 0 Å². The molecule has 0 bridgehead atoms. The molecule has 3 fully saturated rings. The van der Waals surface area contributed by atoms with Crippen LogP contribution in [0.1, 0.15) is 285 Å². The molecule has 0 amide bonds. The van der Waals surface area contributed by atoms with Crippen LogP contribution in [0.2, 0.25) is 0 Å². The number of unbranched alkanes of at least 4 members (excludes halogenated alkanes) is 31. The summed E-state index contributed by atoms with van der Waals surface area (Å²) in [5.41, 5.74) is 0. The fraction of sp³-hybridized carbons (Fsp3) is 0.957. The third kappa shape index (κ3) is 34.8. The Morgan fingerprint density at radius 2 is 0.745 bits per heavy atom. The van der Waals surface area contributed by atoms with Crippen molar-refractivity contribution in [2.75, 3.05) is 26.4 Å². The lowest BCUT2D eigenvalue weighted by atomic mass is 9.84. The molecule has 1 aliphatic carbocycles. The summed E-state index contributed by atoms with van der Waals surface area (Å²) in [6, 6.07) is 0. The summed E-state index contributed by atoms with van der Waals surface area (Å²) in [5.74, 6) is -1.28. The van der Waals surface area contributed by atoms with Crippen molar-refractivity contribution < 1.29 is 117 Å². The molecule has 0 spiro atoms. The average molecular weight is 1370 g/mol. The number of aliphatic hydroxyl groups excluding tert-OH is 10. The van der Waals surface area contributed by atoms with E-state index in [1.165, 1.54) is 122 Å². The van der Waals surface area contributed by atoms with Crippen molar-refractivity contribution in [1.29, 1.82) is 0 Å². The Bertz CT molecular complexity index is 1980. The first-order valence-electron chi connectivity index (χ1n) is 36.7. The summed E-state index contributed by atoms with van der Waals surface area (Å²) in [4.78, 5) is 50.9. The van der Waals surface area contributed by atoms with Gasteiger partial charge >= 0.3 is 25.7 Å². The Morgan fingerprint density at radius 3 is 1.15 bits per heavy atom. The SMILES string of the molecule is CCCCCCCCCCCCCCC(=O)OC(COC(=O)CCCCCCCCC(C)CCCCCCCC)COP(=O)(O)OC1C(OC2OC(CO)C(O)C(O)C2O)C(O)C(O)C(O)C1OC1OC(COC(=O)CCCCCCCCCCCCC)C(O)C(O)C1O. The lowest BCUT2D eigenvalue weighted by Gasteiger charge is -2.49. The van der Waals surface area contributed by atoms with Crippen LogP contribution in [0.4, 0.5) is 0 Å². The highest BCUT2D eigenvalue weighted by Gasteiger charge is 2.58. The van der Waals surface area contributed by atoms with E-state index in [-0.39, 0.29) is 19.3 Å². The molecular weight excluding hydrogens is 1240 g/mol. The Balaban J connectivity index is 1.76. The van der Waals surface area contributed by atoms with Gasteiger partial charge in [0.2, 0.25) is 0 Å². The number of aliphatic hydroxyl groups is 10. The average Bonchev–Trinajstić information content (AvgIpc) is 0.763. The fourth-order valence-electron chi connectivity index (χ4n) is 12.4. The van der Waals surface area contributed by atoms with E-state index >= 15 is 0 Å². The summed E-state index contributed by atoms with van der Waals surface area (Å²) in [6.45, 7) is 5.75. The van der Waals surface area contributed by atoms with E-state index < -0.39 is 156 Å². The van der Waals surface area contributed by atoms with E-state index in [1.807, 2.05) is 0 Å². The van der Waals surface area contributed by atoms with Crippen molar-refractivity contribution >= 4 is 25.7 Å². The lowest BCUT2D eigenvalue weighted by Crippen LogP contribution is -2.69. The number of phosphoric ester groups is 1. The molecule has 19 atom stereocenters. The van der Waals surface area contributed by atoms with Crippen LogP contribution >= 0.6 is 7.82 Å². The van der Waals surface area contributed by atoms with Crippen LogP contribution in [0, 0.1) is 5.92 Å². The number of esters is 3. The molecule has 1 saturated carbocycles. The van der Waals surface area contributed by atoms with E-state index in [0.717, 1.165) is 96.3 Å². The van der Waals surface area contributed by atoms with Crippen molar-refractivity contribution in [2.45, 2.75) is 389 Å². The topological polar surface area (TPSA) is 374 Å². The molecule has 2 aliphatic heterocycles. The third-order valence-electron chi connectivity index (χ3n) is 18.5. The fourth-order valence-corrected chi connectivity index (χ4v) is 13.4. The van der Waals surface area contributed by atoms with E-state index in [4.69, 9.17) is 42.2 Å². The number of ether oxygens (including phenoxy) is 7. The van der Waals surface area contributed by atoms with Crippen LogP contribution in [0.3, 0.4) is 0 Å². The number of rotatable bonds is 56. The number of carbonyl (C=O) groups is 3. The summed E-state index contributed by atoms with van der Waals surface area (Å²) in [6.07, 6.45) is 4.87. The summed E-state index contributed by atoms with van der Waals surface area (Å²) < 4.78 is 64.9. The smallest absolute Gasteiger partial charge is 0.463 e. The molecule has 2 heterocycles. The lowest BCUT2D eigenvalue weighted by molar-refractivity contribution is -0.360. The number of carbonyl (C=O) groups excluding carboxylic acids is 3. The maximum Gasteiger partial charge on any atom is 0.472 e. The largest absolute Gasteiger partial charge is 0.472 e. The van der Waals surface area contributed by atoms with Crippen molar-refractivity contribution in [1.82, 2.24) is 0 Å². The zero-order valence-corrected chi connectivity index (χ0v) is 58.6. The second-order valence-electron chi connectivity index (χ2n) is 26.9. The maximum absolute atomic E-state index is 14.3. The molecule has 3 aliphatic rings. The Kier molecular flexibility index (Phi) is 46.9. The van der Waals surface area contributed by atoms with Gasteiger partial charge in [0.1, 0.15) is 98.7 Å². The van der Waals surface area contributed by atoms with Crippen molar-refractivity contribution in [3.05, 3.63) is 0 Å². The first-order chi connectivity index (χ1) is 45.2. The predicted octanol–water partition coefficient (Wildman–Crippen LogP) is 9.26. The monoisotopic (exact) mass is 1370 g/mol. The van der Waals surface area contributed by atoms with Gasteiger partial charge in [-0.25, -0.2) is 4.57 Å². The zero-order chi connectivity index (χ0) is 69.1. The molecule has 554 valence electrons. The molecule has 24 nitrogen and oxygen atoms in total.